The van der Waals surface area contributed by atoms with Gasteiger partial charge in [-0.3, -0.25) is 4.79 Å². The van der Waals surface area contributed by atoms with E-state index in [-0.39, 0.29) is 5.92 Å². The van der Waals surface area contributed by atoms with E-state index < -0.39 is 12.0 Å². The van der Waals surface area contributed by atoms with Gasteiger partial charge in [0.25, 0.3) is 0 Å². The fraction of sp³-hybridized carbons (Fsp3) is 0.900. The minimum atomic E-state index is -0.857. The fourth-order valence-electron chi connectivity index (χ4n) is 1.98. The van der Waals surface area contributed by atoms with Crippen molar-refractivity contribution in [2.75, 3.05) is 0 Å². The Balaban J connectivity index is 2.45. The number of aliphatic carboxylic acids is 1. The lowest BCUT2D eigenvalue weighted by Gasteiger charge is -2.35. The molecule has 1 aliphatic rings. The quantitative estimate of drug-likeness (QED) is 0.687. The third-order valence-electron chi connectivity index (χ3n) is 3.18. The zero-order valence-electron chi connectivity index (χ0n) is 8.42. The molecule has 0 saturated heterocycles. The Bertz CT molecular complexity index is 191. The second-order valence-electron chi connectivity index (χ2n) is 4.87. The molecule has 3 N–H and O–H groups in total. The van der Waals surface area contributed by atoms with E-state index in [0.29, 0.717) is 5.41 Å². The van der Waals surface area contributed by atoms with E-state index in [0.717, 1.165) is 25.7 Å². The van der Waals surface area contributed by atoms with E-state index in [9.17, 15) is 4.79 Å². The number of carbonyl (C=O) groups is 1. The minimum absolute atomic E-state index is 0.186. The van der Waals surface area contributed by atoms with E-state index in [1.54, 1.807) is 0 Å². The van der Waals surface area contributed by atoms with Crippen LogP contribution in [0.25, 0.3) is 0 Å². The molecule has 1 aliphatic carbocycles. The topological polar surface area (TPSA) is 63.3 Å². The van der Waals surface area contributed by atoms with Crippen molar-refractivity contribution in [3.63, 3.8) is 0 Å². The lowest BCUT2D eigenvalue weighted by molar-refractivity contribution is -0.140. The highest BCUT2D eigenvalue weighted by atomic mass is 16.4. The van der Waals surface area contributed by atoms with E-state index >= 15 is 0 Å². The molecule has 0 bridgehead atoms. The van der Waals surface area contributed by atoms with Crippen molar-refractivity contribution < 1.29 is 9.90 Å². The Labute approximate surface area is 79.3 Å². The van der Waals surface area contributed by atoms with E-state index in [2.05, 4.69) is 13.8 Å². The Morgan fingerprint density at radius 1 is 1.46 bits per heavy atom. The maximum Gasteiger partial charge on any atom is 0.320 e. The molecule has 0 radical (unpaired) electrons. The Morgan fingerprint density at radius 3 is 2.31 bits per heavy atom. The smallest absolute Gasteiger partial charge is 0.320 e. The van der Waals surface area contributed by atoms with Crippen molar-refractivity contribution in [3.05, 3.63) is 0 Å². The number of nitrogens with two attached hydrogens (primary N) is 1. The molecule has 0 spiro atoms. The fourth-order valence-corrected chi connectivity index (χ4v) is 1.98. The molecule has 1 rings (SSSR count). The average Bonchev–Trinajstić information content (AvgIpc) is 2.03. The third-order valence-corrected chi connectivity index (χ3v) is 3.18. The summed E-state index contributed by atoms with van der Waals surface area (Å²) in [6.45, 7) is 4.46. The number of carboxylic acid groups (broad SMARTS) is 1. The SMILES string of the molecule is CC1(C)CCC([C@H](N)C(=O)O)CC1. The van der Waals surface area contributed by atoms with E-state index in [1.165, 1.54) is 0 Å². The first-order valence-electron chi connectivity index (χ1n) is 4.91. The van der Waals surface area contributed by atoms with E-state index in [1.807, 2.05) is 0 Å². The van der Waals surface area contributed by atoms with Gasteiger partial charge in [0.15, 0.2) is 0 Å². The van der Waals surface area contributed by atoms with Crippen LogP contribution in [0.15, 0.2) is 0 Å². The first-order valence-corrected chi connectivity index (χ1v) is 4.91. The number of carboxylic acids is 1. The van der Waals surface area contributed by atoms with Crippen molar-refractivity contribution >= 4 is 5.97 Å². The zero-order chi connectivity index (χ0) is 10.1. The van der Waals surface area contributed by atoms with E-state index in [4.69, 9.17) is 10.8 Å². The lowest BCUT2D eigenvalue weighted by atomic mass is 9.71. The highest BCUT2D eigenvalue weighted by molar-refractivity contribution is 5.73. The summed E-state index contributed by atoms with van der Waals surface area (Å²) >= 11 is 0. The maximum atomic E-state index is 10.6. The van der Waals surface area contributed by atoms with Gasteiger partial charge in [0, 0.05) is 0 Å². The van der Waals surface area contributed by atoms with Gasteiger partial charge in [0.1, 0.15) is 6.04 Å². The summed E-state index contributed by atoms with van der Waals surface area (Å²) in [6, 6.07) is -0.656. The molecule has 0 unspecified atom stereocenters. The standard InChI is InChI=1S/C10H19NO2/c1-10(2)5-3-7(4-6-10)8(11)9(12)13/h7-8H,3-6,11H2,1-2H3,(H,12,13)/t8-/m0/s1. The second-order valence-corrected chi connectivity index (χ2v) is 4.87. The summed E-state index contributed by atoms with van der Waals surface area (Å²) in [6.07, 6.45) is 4.11. The van der Waals surface area contributed by atoms with Gasteiger partial charge in [-0.25, -0.2) is 0 Å². The molecule has 0 heterocycles. The highest BCUT2D eigenvalue weighted by Crippen LogP contribution is 2.38. The summed E-state index contributed by atoms with van der Waals surface area (Å²) in [5.74, 6) is -0.671. The minimum Gasteiger partial charge on any atom is -0.480 e. The average molecular weight is 185 g/mol. The monoisotopic (exact) mass is 185 g/mol. The summed E-state index contributed by atoms with van der Waals surface area (Å²) in [4.78, 5) is 10.6. The molecule has 1 fully saturated rings. The van der Waals surface area contributed by atoms with Gasteiger partial charge in [-0.2, -0.15) is 0 Å². The van der Waals surface area contributed by atoms with Gasteiger partial charge in [-0.05, 0) is 37.0 Å². The van der Waals surface area contributed by atoms with Crippen molar-refractivity contribution in [2.45, 2.75) is 45.6 Å². The molecule has 0 aromatic carbocycles. The molecular formula is C10H19NO2. The van der Waals surface area contributed by atoms with Crippen LogP contribution in [-0.2, 0) is 4.79 Å². The Kier molecular flexibility index (Phi) is 2.96. The molecule has 3 nitrogen and oxygen atoms in total. The van der Waals surface area contributed by atoms with Gasteiger partial charge in [0.2, 0.25) is 0 Å². The second kappa shape index (κ2) is 3.66. The summed E-state index contributed by atoms with van der Waals surface area (Å²) < 4.78 is 0. The zero-order valence-corrected chi connectivity index (χ0v) is 8.42. The largest absolute Gasteiger partial charge is 0.480 e. The van der Waals surface area contributed by atoms with Gasteiger partial charge in [-0.1, -0.05) is 13.8 Å². The van der Waals surface area contributed by atoms with Gasteiger partial charge < -0.3 is 10.8 Å². The molecule has 13 heavy (non-hydrogen) atoms. The van der Waals surface area contributed by atoms with Crippen molar-refractivity contribution in [3.8, 4) is 0 Å². The highest BCUT2D eigenvalue weighted by Gasteiger charge is 2.32. The van der Waals surface area contributed by atoms with Gasteiger partial charge in [0.05, 0.1) is 0 Å². The molecule has 0 aromatic heterocycles. The number of rotatable bonds is 2. The molecule has 0 aliphatic heterocycles. The predicted octanol–water partition coefficient (Wildman–Crippen LogP) is 1.61. The molecule has 0 amide bonds. The first-order chi connectivity index (χ1) is 5.92. The van der Waals surface area contributed by atoms with Crippen molar-refractivity contribution in [1.82, 2.24) is 0 Å². The van der Waals surface area contributed by atoms with Crippen LogP contribution >= 0.6 is 0 Å². The van der Waals surface area contributed by atoms with Crippen LogP contribution in [0.2, 0.25) is 0 Å². The van der Waals surface area contributed by atoms with Crippen LogP contribution in [0.1, 0.15) is 39.5 Å². The lowest BCUT2D eigenvalue weighted by Crippen LogP contribution is -2.40. The first kappa shape index (κ1) is 10.5. The van der Waals surface area contributed by atoms with Crippen LogP contribution in [0, 0.1) is 11.3 Å². The van der Waals surface area contributed by atoms with Gasteiger partial charge in [-0.15, -0.1) is 0 Å². The van der Waals surface area contributed by atoms with Crippen molar-refractivity contribution in [2.24, 2.45) is 17.1 Å². The van der Waals surface area contributed by atoms with Crippen LogP contribution in [0.4, 0.5) is 0 Å². The maximum absolute atomic E-state index is 10.6. The van der Waals surface area contributed by atoms with Gasteiger partial charge >= 0.3 is 5.97 Å². The van der Waals surface area contributed by atoms with Crippen LogP contribution in [0.5, 0.6) is 0 Å². The molecule has 0 aromatic rings. The normalized spacial score (nSPS) is 25.5. The molecule has 3 heteroatoms. The molecular weight excluding hydrogens is 166 g/mol. The summed E-state index contributed by atoms with van der Waals surface area (Å²) in [5, 5.41) is 8.74. The molecule has 1 atom stereocenters. The molecule has 1 saturated carbocycles. The summed E-state index contributed by atoms with van der Waals surface area (Å²) in [7, 11) is 0. The van der Waals surface area contributed by atoms with Crippen LogP contribution in [0.3, 0.4) is 0 Å². The Morgan fingerprint density at radius 2 is 1.92 bits per heavy atom. The third kappa shape index (κ3) is 2.69. The van der Waals surface area contributed by atoms with Crippen LogP contribution < -0.4 is 5.73 Å². The number of hydrogen-bond acceptors (Lipinski definition) is 2. The summed E-state index contributed by atoms with van der Waals surface area (Å²) in [5.41, 5.74) is 5.96. The predicted molar refractivity (Wildman–Crippen MR) is 51.4 cm³/mol. The van der Waals surface area contributed by atoms with Crippen molar-refractivity contribution in [1.29, 1.82) is 0 Å². The Hall–Kier alpha value is -0.570. The number of hydrogen-bond donors (Lipinski definition) is 2. The molecule has 76 valence electrons. The van der Waals surface area contributed by atoms with Crippen LogP contribution in [-0.4, -0.2) is 17.1 Å².